The molecule has 1 aliphatic rings. The van der Waals surface area contributed by atoms with E-state index in [-0.39, 0.29) is 19.4 Å². The second-order valence-electron chi connectivity index (χ2n) is 11.2. The summed E-state index contributed by atoms with van der Waals surface area (Å²) in [4.78, 5) is 37.4. The number of carbonyl (C=O) groups is 2. The zero-order valence-electron chi connectivity index (χ0n) is 25.0. The maximum atomic E-state index is 11.6. The van der Waals surface area contributed by atoms with Gasteiger partial charge in [-0.3, -0.25) is 9.59 Å². The molecule has 0 unspecified atom stereocenters. The normalized spacial score (nSPS) is 12.7. The Bertz CT molecular complexity index is 2010. The number of H-pyrrole nitrogens is 4. The van der Waals surface area contributed by atoms with Crippen molar-refractivity contribution >= 4 is 35.2 Å². The molecule has 0 aliphatic carbocycles. The van der Waals surface area contributed by atoms with Gasteiger partial charge in [0.2, 0.25) is 0 Å². The van der Waals surface area contributed by atoms with Crippen LogP contribution < -0.4 is 21.4 Å². The number of aliphatic carboxylic acids is 2. The Morgan fingerprint density at radius 3 is 2.12 bits per heavy atom. The highest BCUT2D eigenvalue weighted by atomic mass is 16.4. The number of aromatic amines is 4. The van der Waals surface area contributed by atoms with Gasteiger partial charge in [-0.25, -0.2) is 0 Å². The van der Waals surface area contributed by atoms with Crippen LogP contribution >= 0.6 is 0 Å². The fourth-order valence-corrected chi connectivity index (χ4v) is 6.15. The van der Waals surface area contributed by atoms with Gasteiger partial charge in [-0.15, -0.1) is 0 Å². The first kappa shape index (κ1) is 29.7. The van der Waals surface area contributed by atoms with Crippen molar-refractivity contribution in [1.29, 1.82) is 0 Å². The number of aliphatic hydroxyl groups excluding tert-OH is 1. The molecule has 0 spiro atoms. The molecule has 9 nitrogen and oxygen atoms in total. The SMILES string of the molecule is C=CC1=c2cc(C)c([nH]2)=Cc2[nH]c(c(CCC(=O)O)c2C)C=c2[nH]c(c(C)c2CCC(=O)O)=C(CCO)c2cc(C)c1[nH]2. The molecule has 224 valence electrons. The number of hydrogen-bond acceptors (Lipinski definition) is 3. The van der Waals surface area contributed by atoms with Crippen LogP contribution in [0.5, 0.6) is 0 Å². The molecule has 4 aromatic rings. The molecular formula is C34H38N4O5. The van der Waals surface area contributed by atoms with Gasteiger partial charge in [0.05, 0.1) is 5.69 Å². The zero-order valence-corrected chi connectivity index (χ0v) is 25.0. The molecule has 5 rings (SSSR count). The molecule has 0 aromatic carbocycles. The third-order valence-electron chi connectivity index (χ3n) is 8.44. The van der Waals surface area contributed by atoms with Crippen molar-refractivity contribution in [3.63, 3.8) is 0 Å². The summed E-state index contributed by atoms with van der Waals surface area (Å²) in [6.45, 7) is 12.1. The van der Waals surface area contributed by atoms with Gasteiger partial charge in [0.15, 0.2) is 0 Å². The Balaban J connectivity index is 1.95. The lowest BCUT2D eigenvalue weighted by molar-refractivity contribution is -0.138. The molecule has 1 aliphatic heterocycles. The summed E-state index contributed by atoms with van der Waals surface area (Å²) in [5, 5.41) is 32.5. The van der Waals surface area contributed by atoms with Crippen LogP contribution in [0, 0.1) is 27.7 Å². The third-order valence-corrected chi connectivity index (χ3v) is 8.44. The molecule has 8 bridgehead atoms. The maximum Gasteiger partial charge on any atom is 0.303 e. The molecule has 0 saturated carbocycles. The Morgan fingerprint density at radius 2 is 1.47 bits per heavy atom. The number of carboxylic acids is 2. The van der Waals surface area contributed by atoms with Crippen molar-refractivity contribution in [2.75, 3.05) is 6.61 Å². The Hall–Kier alpha value is -4.76. The number of carboxylic acid groups (broad SMARTS) is 2. The number of aromatic nitrogens is 4. The van der Waals surface area contributed by atoms with E-state index in [9.17, 15) is 24.9 Å². The van der Waals surface area contributed by atoms with Gasteiger partial charge in [-0.1, -0.05) is 12.7 Å². The zero-order chi connectivity index (χ0) is 31.0. The topological polar surface area (TPSA) is 158 Å². The molecule has 0 fully saturated rings. The molecule has 7 N–H and O–H groups in total. The van der Waals surface area contributed by atoms with E-state index in [0.717, 1.165) is 88.7 Å². The summed E-state index contributed by atoms with van der Waals surface area (Å²) < 4.78 is 0. The van der Waals surface area contributed by atoms with Crippen LogP contribution in [0.15, 0.2) is 24.8 Å². The lowest BCUT2D eigenvalue weighted by Crippen LogP contribution is -2.17. The lowest BCUT2D eigenvalue weighted by Gasteiger charge is -2.05. The van der Waals surface area contributed by atoms with E-state index in [1.54, 1.807) is 0 Å². The van der Waals surface area contributed by atoms with Gasteiger partial charge < -0.3 is 35.3 Å². The highest BCUT2D eigenvalue weighted by molar-refractivity contribution is 5.76. The standard InChI is InChI=1S/C34H38N4O5/c1-6-21-27-13-17(2)25(35-27)15-26-19(4)22(7-9-31(40)41)29(36-26)16-30-23(8-10-32(42)43)20(5)34(38-30)24(11-12-39)28-14-18(3)33(21)37-28/h6,13-16,35-39H,1,7-12H2,2-5H3,(H,40,41)(H,42,43). The van der Waals surface area contributed by atoms with E-state index in [0.29, 0.717) is 19.3 Å². The monoisotopic (exact) mass is 582 g/mol. The summed E-state index contributed by atoms with van der Waals surface area (Å²) >= 11 is 0. The predicted octanol–water partition coefficient (Wildman–Crippen LogP) is 2.20. The van der Waals surface area contributed by atoms with Crippen LogP contribution in [0.25, 0.3) is 23.3 Å². The highest BCUT2D eigenvalue weighted by Crippen LogP contribution is 2.25. The fraction of sp³-hybridized carbons (Fsp3) is 0.294. The van der Waals surface area contributed by atoms with E-state index in [2.05, 4.69) is 38.6 Å². The average molecular weight is 583 g/mol. The van der Waals surface area contributed by atoms with Crippen LogP contribution in [0.1, 0.15) is 75.4 Å². The predicted molar refractivity (Wildman–Crippen MR) is 167 cm³/mol. The Morgan fingerprint density at radius 1 is 0.791 bits per heavy atom. The summed E-state index contributed by atoms with van der Waals surface area (Å²) in [6.07, 6.45) is 6.78. The Kier molecular flexibility index (Phi) is 8.19. The Labute approximate surface area is 248 Å². The van der Waals surface area contributed by atoms with Crippen LogP contribution in [0.4, 0.5) is 0 Å². The van der Waals surface area contributed by atoms with E-state index in [1.807, 2.05) is 45.9 Å². The smallest absolute Gasteiger partial charge is 0.303 e. The van der Waals surface area contributed by atoms with E-state index >= 15 is 0 Å². The largest absolute Gasteiger partial charge is 0.481 e. The number of aliphatic hydroxyl groups is 1. The van der Waals surface area contributed by atoms with Crippen LogP contribution in [0.3, 0.4) is 0 Å². The van der Waals surface area contributed by atoms with Gasteiger partial charge >= 0.3 is 11.9 Å². The molecule has 0 saturated heterocycles. The number of nitrogens with one attached hydrogen (secondary N) is 4. The van der Waals surface area contributed by atoms with Gasteiger partial charge in [0.25, 0.3) is 0 Å². The molecule has 43 heavy (non-hydrogen) atoms. The fourth-order valence-electron chi connectivity index (χ4n) is 6.15. The van der Waals surface area contributed by atoms with Crippen molar-refractivity contribution in [2.24, 2.45) is 0 Å². The lowest BCUT2D eigenvalue weighted by atomic mass is 10.0. The second kappa shape index (κ2) is 11.9. The number of rotatable bonds is 9. The van der Waals surface area contributed by atoms with Crippen molar-refractivity contribution in [3.05, 3.63) is 102 Å². The first-order chi connectivity index (χ1) is 20.5. The summed E-state index contributed by atoms with van der Waals surface area (Å²) in [5.41, 5.74) is 10.9. The van der Waals surface area contributed by atoms with E-state index < -0.39 is 11.9 Å². The number of fused-ring (bicyclic) bond motifs is 8. The molecule has 4 aromatic heterocycles. The molecule has 9 heteroatoms. The van der Waals surface area contributed by atoms with Gasteiger partial charge in [-0.2, -0.15) is 0 Å². The first-order valence-electron chi connectivity index (χ1n) is 14.4. The van der Waals surface area contributed by atoms with Crippen molar-refractivity contribution in [1.82, 2.24) is 19.9 Å². The van der Waals surface area contributed by atoms with Crippen LogP contribution in [0.2, 0.25) is 0 Å². The summed E-state index contributed by atoms with van der Waals surface area (Å²) in [7, 11) is 0. The number of hydrogen-bond donors (Lipinski definition) is 7. The molecule has 0 radical (unpaired) electrons. The second-order valence-corrected chi connectivity index (χ2v) is 11.2. The van der Waals surface area contributed by atoms with Crippen molar-refractivity contribution in [3.8, 4) is 0 Å². The molecule has 0 amide bonds. The number of allylic oxidation sites excluding steroid dienone is 1. The molecule has 5 heterocycles. The average Bonchev–Trinajstić information content (AvgIpc) is 3.66. The quantitative estimate of drug-likeness (QED) is 0.161. The maximum absolute atomic E-state index is 11.6. The minimum absolute atomic E-state index is 0.0219. The van der Waals surface area contributed by atoms with Crippen LogP contribution in [-0.2, 0) is 22.4 Å². The van der Waals surface area contributed by atoms with E-state index in [4.69, 9.17) is 0 Å². The first-order valence-corrected chi connectivity index (χ1v) is 14.4. The van der Waals surface area contributed by atoms with Gasteiger partial charge in [0.1, 0.15) is 0 Å². The van der Waals surface area contributed by atoms with Gasteiger partial charge in [-0.05, 0) is 105 Å². The summed E-state index contributed by atoms with van der Waals surface area (Å²) in [5.74, 6) is -1.77. The van der Waals surface area contributed by atoms with Crippen molar-refractivity contribution < 1.29 is 24.9 Å². The minimum atomic E-state index is -0.890. The van der Waals surface area contributed by atoms with E-state index in [1.165, 1.54) is 0 Å². The van der Waals surface area contributed by atoms with Gasteiger partial charge in [0, 0.05) is 69.1 Å². The highest BCUT2D eigenvalue weighted by Gasteiger charge is 2.19. The molecular weight excluding hydrogens is 544 g/mol. The van der Waals surface area contributed by atoms with Crippen LogP contribution in [-0.4, -0.2) is 53.8 Å². The molecule has 0 atom stereocenters. The van der Waals surface area contributed by atoms with Crippen molar-refractivity contribution in [2.45, 2.75) is 59.8 Å². The number of aryl methyl sites for hydroxylation is 2. The minimum Gasteiger partial charge on any atom is -0.481 e. The third kappa shape index (κ3) is 5.68. The summed E-state index contributed by atoms with van der Waals surface area (Å²) in [6, 6.07) is 4.15.